The lowest BCUT2D eigenvalue weighted by molar-refractivity contribution is 0.00957. The van der Waals surface area contributed by atoms with Crippen LogP contribution in [0.25, 0.3) is 0 Å². The van der Waals surface area contributed by atoms with Gasteiger partial charge in [0.05, 0.1) is 0 Å². The summed E-state index contributed by atoms with van der Waals surface area (Å²) in [4.78, 5) is 2.22. The van der Waals surface area contributed by atoms with Crippen molar-refractivity contribution in [2.45, 2.75) is 45.4 Å². The van der Waals surface area contributed by atoms with E-state index in [4.69, 9.17) is 0 Å². The van der Waals surface area contributed by atoms with E-state index in [1.54, 1.807) is 6.08 Å². The van der Waals surface area contributed by atoms with Crippen LogP contribution in [0.4, 0.5) is 4.39 Å². The molecule has 2 heteroatoms. The molecule has 0 saturated carbocycles. The summed E-state index contributed by atoms with van der Waals surface area (Å²) in [5.41, 5.74) is 1.10. The Hall–Kier alpha value is -0.890. The highest BCUT2D eigenvalue weighted by atomic mass is 19.1. The van der Waals surface area contributed by atoms with Crippen molar-refractivity contribution in [3.8, 4) is 0 Å². The Balaban J connectivity index is 2.78. The predicted octanol–water partition coefficient (Wildman–Crippen LogP) is 3.74. The first-order valence-electron chi connectivity index (χ1n) is 6.35. The van der Waals surface area contributed by atoms with E-state index in [2.05, 4.69) is 25.0 Å². The molecule has 0 aromatic carbocycles. The van der Waals surface area contributed by atoms with Gasteiger partial charge in [-0.2, -0.15) is 0 Å². The second kappa shape index (κ2) is 6.15. The van der Waals surface area contributed by atoms with E-state index in [9.17, 15) is 4.39 Å². The molecule has 0 N–H and O–H groups in total. The average molecular weight is 237 g/mol. The summed E-state index contributed by atoms with van der Waals surface area (Å²) in [6.07, 6.45) is 5.71. The molecule has 4 unspecified atom stereocenters. The summed E-state index contributed by atoms with van der Waals surface area (Å²) in [5.74, 6) is 0.159. The van der Waals surface area contributed by atoms with Gasteiger partial charge in [-0.3, -0.25) is 4.90 Å². The summed E-state index contributed by atoms with van der Waals surface area (Å²) in [6, 6.07) is 0.391. The summed E-state index contributed by atoms with van der Waals surface area (Å²) >= 11 is 0. The van der Waals surface area contributed by atoms with Crippen LogP contribution in [0.5, 0.6) is 0 Å². The lowest BCUT2D eigenvalue weighted by atomic mass is 9.86. The quantitative estimate of drug-likeness (QED) is 0.673. The summed E-state index contributed by atoms with van der Waals surface area (Å²) in [7, 11) is 0. The second-order valence-electron chi connectivity index (χ2n) is 5.10. The molecule has 4 atom stereocenters. The molecule has 1 nitrogen and oxygen atoms in total. The van der Waals surface area contributed by atoms with Crippen LogP contribution in [-0.4, -0.2) is 29.7 Å². The first-order chi connectivity index (χ1) is 8.01. The molecule has 1 rings (SSSR count). The van der Waals surface area contributed by atoms with Crippen molar-refractivity contribution in [2.24, 2.45) is 5.92 Å². The van der Waals surface area contributed by atoms with Crippen molar-refractivity contribution in [1.29, 1.82) is 0 Å². The number of likely N-dealkylation sites (tertiary alicyclic amines) is 1. The lowest BCUT2D eigenvalue weighted by Crippen LogP contribution is -2.53. The number of hydrogen-bond acceptors (Lipinski definition) is 1. The third-order valence-corrected chi connectivity index (χ3v) is 3.77. The molecule has 0 bridgehead atoms. The molecular formula is C15H24FN. The molecule has 0 amide bonds. The van der Waals surface area contributed by atoms with E-state index in [1.807, 2.05) is 26.0 Å². The maximum Gasteiger partial charge on any atom is 0.118 e. The Morgan fingerprint density at radius 1 is 1.35 bits per heavy atom. The van der Waals surface area contributed by atoms with E-state index < -0.39 is 6.17 Å². The van der Waals surface area contributed by atoms with Gasteiger partial charge in [0.2, 0.25) is 0 Å². The van der Waals surface area contributed by atoms with Gasteiger partial charge >= 0.3 is 0 Å². The minimum Gasteiger partial charge on any atom is -0.291 e. The summed E-state index contributed by atoms with van der Waals surface area (Å²) in [5, 5.41) is 0. The number of hydrogen-bond donors (Lipinski definition) is 0. The number of allylic oxidation sites excluding steroid dienone is 2. The standard InChI is InChI=1S/C15H24FN/c1-6-8-14(7-2)10-17-12(4)9-11(3)15(16)13(17)5/h6-8,11-13,15H,1-2,9-10H2,3-5H3/b14-8+. The van der Waals surface area contributed by atoms with Crippen LogP contribution >= 0.6 is 0 Å². The molecule has 96 valence electrons. The van der Waals surface area contributed by atoms with Crippen LogP contribution in [0.2, 0.25) is 0 Å². The van der Waals surface area contributed by atoms with Crippen molar-refractivity contribution in [3.05, 3.63) is 37.0 Å². The van der Waals surface area contributed by atoms with Gasteiger partial charge < -0.3 is 0 Å². The molecule has 1 heterocycles. The van der Waals surface area contributed by atoms with E-state index in [-0.39, 0.29) is 12.0 Å². The maximum atomic E-state index is 14.0. The normalized spacial score (nSPS) is 35.6. The maximum absolute atomic E-state index is 14.0. The van der Waals surface area contributed by atoms with Gasteiger partial charge in [-0.25, -0.2) is 4.39 Å². The first kappa shape index (κ1) is 14.2. The zero-order chi connectivity index (χ0) is 13.0. The Labute approximate surface area is 105 Å². The topological polar surface area (TPSA) is 3.24 Å². The van der Waals surface area contributed by atoms with Gasteiger partial charge in [0.1, 0.15) is 6.17 Å². The fourth-order valence-corrected chi connectivity index (χ4v) is 2.71. The SMILES string of the molecule is C=C/C=C(\C=C)CN1C(C)CC(C)C(F)C1C. The smallest absolute Gasteiger partial charge is 0.118 e. The van der Waals surface area contributed by atoms with E-state index in [1.165, 1.54) is 0 Å². The highest BCUT2D eigenvalue weighted by Gasteiger charge is 2.36. The zero-order valence-electron chi connectivity index (χ0n) is 11.2. The molecule has 1 aliphatic heterocycles. The van der Waals surface area contributed by atoms with Gasteiger partial charge in [-0.15, -0.1) is 0 Å². The molecule has 17 heavy (non-hydrogen) atoms. The van der Waals surface area contributed by atoms with Crippen molar-refractivity contribution >= 4 is 0 Å². The number of nitrogens with zero attached hydrogens (tertiary/aromatic N) is 1. The largest absolute Gasteiger partial charge is 0.291 e. The summed E-state index contributed by atoms with van der Waals surface area (Å²) < 4.78 is 14.0. The monoisotopic (exact) mass is 237 g/mol. The number of piperidine rings is 1. The van der Waals surface area contributed by atoms with Crippen LogP contribution in [0, 0.1) is 5.92 Å². The van der Waals surface area contributed by atoms with Crippen molar-refractivity contribution in [3.63, 3.8) is 0 Å². The molecule has 0 aliphatic carbocycles. The minimum absolute atomic E-state index is 0.0260. The van der Waals surface area contributed by atoms with Gasteiger partial charge in [0.25, 0.3) is 0 Å². The van der Waals surface area contributed by atoms with Gasteiger partial charge in [-0.05, 0) is 31.8 Å². The predicted molar refractivity (Wildman–Crippen MR) is 72.8 cm³/mol. The summed E-state index contributed by atoms with van der Waals surface area (Å²) in [6.45, 7) is 14.4. The number of alkyl halides is 1. The third-order valence-electron chi connectivity index (χ3n) is 3.77. The van der Waals surface area contributed by atoms with Crippen LogP contribution in [0.3, 0.4) is 0 Å². The minimum atomic E-state index is -0.735. The van der Waals surface area contributed by atoms with Crippen LogP contribution in [0.15, 0.2) is 37.0 Å². The third kappa shape index (κ3) is 3.29. The molecule has 1 fully saturated rings. The molecule has 0 radical (unpaired) electrons. The van der Waals surface area contributed by atoms with Gasteiger partial charge in [-0.1, -0.05) is 38.3 Å². The lowest BCUT2D eigenvalue weighted by Gasteiger charge is -2.44. The number of rotatable bonds is 4. The number of halogens is 1. The Kier molecular flexibility index (Phi) is 5.13. The highest BCUT2D eigenvalue weighted by Crippen LogP contribution is 2.30. The van der Waals surface area contributed by atoms with E-state index >= 15 is 0 Å². The van der Waals surface area contributed by atoms with Gasteiger partial charge in [0.15, 0.2) is 0 Å². The zero-order valence-corrected chi connectivity index (χ0v) is 11.2. The van der Waals surface area contributed by atoms with Crippen LogP contribution in [0.1, 0.15) is 27.2 Å². The molecule has 0 spiro atoms. The van der Waals surface area contributed by atoms with Crippen molar-refractivity contribution in [1.82, 2.24) is 4.90 Å². The molecule has 1 aliphatic rings. The Bertz CT molecular complexity index is 308. The fraction of sp³-hybridized carbons (Fsp3) is 0.600. The molecular weight excluding hydrogens is 213 g/mol. The van der Waals surface area contributed by atoms with Crippen LogP contribution < -0.4 is 0 Å². The van der Waals surface area contributed by atoms with E-state index in [0.29, 0.717) is 6.04 Å². The second-order valence-corrected chi connectivity index (χ2v) is 5.10. The first-order valence-corrected chi connectivity index (χ1v) is 6.35. The van der Waals surface area contributed by atoms with Crippen LogP contribution in [-0.2, 0) is 0 Å². The van der Waals surface area contributed by atoms with Crippen molar-refractivity contribution in [2.75, 3.05) is 6.54 Å². The molecule has 0 aromatic heterocycles. The Morgan fingerprint density at radius 2 is 2.00 bits per heavy atom. The van der Waals surface area contributed by atoms with Crippen molar-refractivity contribution < 1.29 is 4.39 Å². The molecule has 0 aromatic rings. The Morgan fingerprint density at radius 3 is 2.53 bits per heavy atom. The average Bonchev–Trinajstić information content (AvgIpc) is 2.30. The fourth-order valence-electron chi connectivity index (χ4n) is 2.71. The molecule has 1 saturated heterocycles. The van der Waals surface area contributed by atoms with Gasteiger partial charge in [0, 0.05) is 18.6 Å². The van der Waals surface area contributed by atoms with E-state index in [0.717, 1.165) is 18.5 Å². The highest BCUT2D eigenvalue weighted by molar-refractivity contribution is 5.23.